The van der Waals surface area contributed by atoms with E-state index in [-0.39, 0.29) is 28.3 Å². The number of dihydropyridines is 1. The zero-order chi connectivity index (χ0) is 15.5. The Hall–Kier alpha value is -2.63. The Balaban J connectivity index is 2.40. The minimum absolute atomic E-state index is 0.0162. The van der Waals surface area contributed by atoms with Crippen LogP contribution in [0.2, 0.25) is 0 Å². The fraction of sp³-hybridized carbons (Fsp3) is 0.267. The summed E-state index contributed by atoms with van der Waals surface area (Å²) in [6, 6.07) is 1.33. The molecule has 2 heterocycles. The summed E-state index contributed by atoms with van der Waals surface area (Å²) in [7, 11) is 1.43. The van der Waals surface area contributed by atoms with E-state index in [0.29, 0.717) is 11.1 Å². The van der Waals surface area contributed by atoms with Crippen molar-refractivity contribution < 1.29 is 14.4 Å². The van der Waals surface area contributed by atoms with Crippen LogP contribution in [0.1, 0.15) is 33.3 Å². The van der Waals surface area contributed by atoms with Crippen molar-refractivity contribution in [2.75, 3.05) is 0 Å². The Labute approximate surface area is 119 Å². The molecule has 1 aliphatic carbocycles. The van der Waals surface area contributed by atoms with Crippen LogP contribution < -0.4 is 5.56 Å². The Morgan fingerprint density at radius 2 is 1.81 bits per heavy atom. The molecular weight excluding hydrogens is 272 g/mol. The monoisotopic (exact) mass is 284 g/mol. The van der Waals surface area contributed by atoms with E-state index in [4.69, 9.17) is 0 Å². The van der Waals surface area contributed by atoms with Crippen molar-refractivity contribution in [2.24, 2.45) is 18.0 Å². The first-order chi connectivity index (χ1) is 9.82. The van der Waals surface area contributed by atoms with E-state index in [1.54, 1.807) is 13.8 Å². The molecule has 6 nitrogen and oxygen atoms in total. The van der Waals surface area contributed by atoms with Crippen molar-refractivity contribution in [3.8, 4) is 0 Å². The number of pyridine rings is 1. The van der Waals surface area contributed by atoms with Crippen molar-refractivity contribution in [3.05, 3.63) is 44.9 Å². The predicted molar refractivity (Wildman–Crippen MR) is 74.8 cm³/mol. The summed E-state index contributed by atoms with van der Waals surface area (Å²) in [6.07, 6.45) is 1.27. The van der Waals surface area contributed by atoms with Crippen molar-refractivity contribution in [3.63, 3.8) is 0 Å². The molecule has 0 spiro atoms. The van der Waals surface area contributed by atoms with Gasteiger partial charge in [-0.3, -0.25) is 19.2 Å². The van der Waals surface area contributed by atoms with Gasteiger partial charge < -0.3 is 4.57 Å². The number of rotatable bonds is 0. The first kappa shape index (κ1) is 13.4. The van der Waals surface area contributed by atoms with Gasteiger partial charge in [0.15, 0.2) is 5.78 Å². The fourth-order valence-electron chi connectivity index (χ4n) is 2.88. The first-order valence-electron chi connectivity index (χ1n) is 6.43. The van der Waals surface area contributed by atoms with E-state index in [0.717, 1.165) is 4.57 Å². The lowest BCUT2D eigenvalue weighted by molar-refractivity contribution is -0.113. The van der Waals surface area contributed by atoms with Gasteiger partial charge in [-0.1, -0.05) is 5.57 Å². The summed E-state index contributed by atoms with van der Waals surface area (Å²) in [5.74, 6) is -2.20. The smallest absolute Gasteiger partial charge is 0.270 e. The highest BCUT2D eigenvalue weighted by Gasteiger charge is 2.43. The molecule has 0 N–H and O–H groups in total. The van der Waals surface area contributed by atoms with Gasteiger partial charge in [0, 0.05) is 24.8 Å². The number of aromatic nitrogens is 1. The molecule has 6 heteroatoms. The lowest BCUT2D eigenvalue weighted by Crippen LogP contribution is -2.44. The molecule has 3 rings (SSSR count). The SMILES string of the molecule is CC1=CC(=O)N=C2C(=O)c3c(c(C)cc(=O)n3C)C(=O)C12. The summed E-state index contributed by atoms with van der Waals surface area (Å²) in [4.78, 5) is 52.3. The molecule has 1 unspecified atom stereocenters. The van der Waals surface area contributed by atoms with Gasteiger partial charge >= 0.3 is 0 Å². The van der Waals surface area contributed by atoms with Crippen LogP contribution in [0, 0.1) is 12.8 Å². The molecule has 1 aliphatic heterocycles. The maximum absolute atomic E-state index is 12.7. The Morgan fingerprint density at radius 3 is 2.48 bits per heavy atom. The molecule has 0 radical (unpaired) electrons. The summed E-state index contributed by atoms with van der Waals surface area (Å²) in [5.41, 5.74) is 0.770. The van der Waals surface area contributed by atoms with Crippen molar-refractivity contribution in [2.45, 2.75) is 13.8 Å². The minimum Gasteiger partial charge on any atom is -0.308 e. The second kappa shape index (κ2) is 4.18. The van der Waals surface area contributed by atoms with E-state index in [1.165, 1.54) is 19.2 Å². The summed E-state index contributed by atoms with van der Waals surface area (Å²) < 4.78 is 1.14. The molecule has 1 aromatic rings. The average Bonchev–Trinajstić information content (AvgIpc) is 2.39. The number of ketones is 2. The van der Waals surface area contributed by atoms with Crippen molar-refractivity contribution >= 4 is 23.2 Å². The minimum atomic E-state index is -0.820. The largest absolute Gasteiger partial charge is 0.308 e. The van der Waals surface area contributed by atoms with Crippen LogP contribution in [-0.2, 0) is 11.8 Å². The molecular formula is C15H12N2O4. The highest BCUT2D eigenvalue weighted by Crippen LogP contribution is 2.31. The zero-order valence-electron chi connectivity index (χ0n) is 11.8. The van der Waals surface area contributed by atoms with E-state index >= 15 is 0 Å². The number of hydrogen-bond donors (Lipinski definition) is 0. The molecule has 21 heavy (non-hydrogen) atoms. The third-order valence-corrected chi connectivity index (χ3v) is 3.90. The van der Waals surface area contributed by atoms with Gasteiger partial charge in [-0.05, 0) is 19.4 Å². The second-order valence-corrected chi connectivity index (χ2v) is 5.30. The average molecular weight is 284 g/mol. The van der Waals surface area contributed by atoms with Gasteiger partial charge in [-0.25, -0.2) is 4.99 Å². The number of carbonyl (C=O) groups is 3. The number of carbonyl (C=O) groups excluding carboxylic acids is 3. The number of hydrogen-bond acceptors (Lipinski definition) is 4. The molecule has 0 bridgehead atoms. The lowest BCUT2D eigenvalue weighted by atomic mass is 9.76. The van der Waals surface area contributed by atoms with Crippen LogP contribution in [0.3, 0.4) is 0 Å². The molecule has 1 amide bonds. The van der Waals surface area contributed by atoms with Gasteiger partial charge in [0.25, 0.3) is 11.5 Å². The number of amides is 1. The van der Waals surface area contributed by atoms with Crippen LogP contribution in [0.25, 0.3) is 0 Å². The normalized spacial score (nSPS) is 20.7. The number of aryl methyl sites for hydroxylation is 1. The molecule has 1 aromatic heterocycles. The molecule has 2 aliphatic rings. The van der Waals surface area contributed by atoms with E-state index in [9.17, 15) is 19.2 Å². The molecule has 0 saturated carbocycles. The zero-order valence-corrected chi connectivity index (χ0v) is 11.8. The van der Waals surface area contributed by atoms with E-state index < -0.39 is 17.6 Å². The molecule has 106 valence electrons. The Bertz CT molecular complexity index is 855. The maximum Gasteiger partial charge on any atom is 0.270 e. The van der Waals surface area contributed by atoms with Crippen LogP contribution in [0.15, 0.2) is 27.5 Å². The summed E-state index contributed by atoms with van der Waals surface area (Å²) >= 11 is 0. The third-order valence-electron chi connectivity index (χ3n) is 3.90. The quantitative estimate of drug-likeness (QED) is 0.698. The van der Waals surface area contributed by atoms with Crippen LogP contribution >= 0.6 is 0 Å². The molecule has 0 saturated heterocycles. The maximum atomic E-state index is 12.7. The van der Waals surface area contributed by atoms with E-state index in [2.05, 4.69) is 4.99 Å². The van der Waals surface area contributed by atoms with Gasteiger partial charge in [-0.2, -0.15) is 0 Å². The highest BCUT2D eigenvalue weighted by molar-refractivity contribution is 6.55. The topological polar surface area (TPSA) is 85.6 Å². The lowest BCUT2D eigenvalue weighted by Gasteiger charge is -2.28. The second-order valence-electron chi connectivity index (χ2n) is 5.30. The molecule has 0 aromatic carbocycles. The van der Waals surface area contributed by atoms with Gasteiger partial charge in [0.1, 0.15) is 11.4 Å². The molecule has 0 fully saturated rings. The number of Topliss-reactive ketones (excluding diaryl/α,β-unsaturated/α-hetero) is 2. The van der Waals surface area contributed by atoms with Gasteiger partial charge in [0.05, 0.1) is 5.92 Å². The number of allylic oxidation sites excluding steroid dienone is 1. The van der Waals surface area contributed by atoms with Crippen molar-refractivity contribution in [1.29, 1.82) is 0 Å². The van der Waals surface area contributed by atoms with E-state index in [1.807, 2.05) is 0 Å². The Morgan fingerprint density at radius 1 is 1.14 bits per heavy atom. The molecule has 1 atom stereocenters. The van der Waals surface area contributed by atoms with Gasteiger partial charge in [-0.15, -0.1) is 0 Å². The third kappa shape index (κ3) is 1.68. The number of fused-ring (bicyclic) bond motifs is 2. The van der Waals surface area contributed by atoms with Gasteiger partial charge in [0.2, 0.25) is 5.78 Å². The number of aliphatic imine (C=N–C) groups is 1. The number of nitrogens with zero attached hydrogens (tertiary/aromatic N) is 2. The van der Waals surface area contributed by atoms with Crippen LogP contribution in [0.4, 0.5) is 0 Å². The first-order valence-corrected chi connectivity index (χ1v) is 6.43. The summed E-state index contributed by atoms with van der Waals surface area (Å²) in [6.45, 7) is 3.26. The summed E-state index contributed by atoms with van der Waals surface area (Å²) in [5, 5.41) is 0. The Kier molecular flexibility index (Phi) is 2.66. The standard InChI is InChI=1S/C15H12N2O4/c1-6-4-8(18)16-12-10(6)14(20)11-7(2)5-9(19)17(3)13(11)15(12)21/h4-5,10H,1-3H3. The fourth-order valence-corrected chi connectivity index (χ4v) is 2.88. The van der Waals surface area contributed by atoms with Crippen LogP contribution in [0.5, 0.6) is 0 Å². The van der Waals surface area contributed by atoms with Crippen LogP contribution in [-0.4, -0.2) is 27.8 Å². The van der Waals surface area contributed by atoms with Crippen molar-refractivity contribution in [1.82, 2.24) is 4.57 Å². The predicted octanol–water partition coefficient (Wildman–Crippen LogP) is 0.616. The highest BCUT2D eigenvalue weighted by atomic mass is 16.2.